The third-order valence-electron chi connectivity index (χ3n) is 2.75. The Kier molecular flexibility index (Phi) is 4.10. The van der Waals surface area contributed by atoms with Crippen LogP contribution in [0, 0.1) is 15.9 Å². The van der Waals surface area contributed by atoms with Crippen molar-refractivity contribution in [1.29, 1.82) is 0 Å². The number of hydrogen-bond acceptors (Lipinski definition) is 5. The maximum absolute atomic E-state index is 13.5. The molecule has 2 aromatic carbocycles. The highest BCUT2D eigenvalue weighted by Gasteiger charge is 2.21. The van der Waals surface area contributed by atoms with E-state index in [2.05, 4.69) is 10.7 Å². The standard InChI is InChI=1S/C13H11FN4O3/c14-9-5-1-2-6-10(9)16-13(19)8-4-3-7-11(18(20)21)12(8)17-15/h1-7,17H,15H2,(H,16,19). The van der Waals surface area contributed by atoms with E-state index in [1.165, 1.54) is 36.4 Å². The number of carbonyl (C=O) groups is 1. The third-order valence-corrected chi connectivity index (χ3v) is 2.75. The number of nitro groups is 1. The molecule has 0 radical (unpaired) electrons. The van der Waals surface area contributed by atoms with Crippen LogP contribution in [-0.4, -0.2) is 10.8 Å². The highest BCUT2D eigenvalue weighted by molar-refractivity contribution is 6.09. The van der Waals surface area contributed by atoms with Crippen molar-refractivity contribution >= 4 is 23.0 Å². The van der Waals surface area contributed by atoms with Gasteiger partial charge in [0.1, 0.15) is 11.5 Å². The number of nitro benzene ring substituents is 1. The molecule has 0 aliphatic rings. The maximum Gasteiger partial charge on any atom is 0.294 e. The molecule has 0 aliphatic heterocycles. The summed E-state index contributed by atoms with van der Waals surface area (Å²) in [5, 5.41) is 13.2. The molecule has 8 heteroatoms. The van der Waals surface area contributed by atoms with Crippen LogP contribution in [-0.2, 0) is 0 Å². The Bertz CT molecular complexity index is 706. The van der Waals surface area contributed by atoms with Crippen molar-refractivity contribution in [2.75, 3.05) is 10.7 Å². The predicted octanol–water partition coefficient (Wildman–Crippen LogP) is 2.27. The molecule has 21 heavy (non-hydrogen) atoms. The van der Waals surface area contributed by atoms with Crippen molar-refractivity contribution in [3.63, 3.8) is 0 Å². The Hall–Kier alpha value is -3.00. The molecule has 0 spiro atoms. The highest BCUT2D eigenvalue weighted by Crippen LogP contribution is 2.28. The summed E-state index contributed by atoms with van der Waals surface area (Å²) in [4.78, 5) is 22.3. The molecule has 7 nitrogen and oxygen atoms in total. The maximum atomic E-state index is 13.5. The second-order valence-corrected chi connectivity index (χ2v) is 4.04. The fourth-order valence-electron chi connectivity index (χ4n) is 1.79. The minimum absolute atomic E-state index is 0.0306. The average molecular weight is 290 g/mol. The predicted molar refractivity (Wildman–Crippen MR) is 75.3 cm³/mol. The van der Waals surface area contributed by atoms with Gasteiger partial charge in [0, 0.05) is 6.07 Å². The van der Waals surface area contributed by atoms with Gasteiger partial charge in [0.15, 0.2) is 0 Å². The Morgan fingerprint density at radius 1 is 1.19 bits per heavy atom. The van der Waals surface area contributed by atoms with Crippen LogP contribution < -0.4 is 16.6 Å². The van der Waals surface area contributed by atoms with Crippen molar-refractivity contribution in [3.8, 4) is 0 Å². The summed E-state index contributed by atoms with van der Waals surface area (Å²) in [6, 6.07) is 9.48. The number of benzene rings is 2. The van der Waals surface area contributed by atoms with Gasteiger partial charge in [-0.2, -0.15) is 0 Å². The molecule has 0 aromatic heterocycles. The topological polar surface area (TPSA) is 110 Å². The van der Waals surface area contributed by atoms with Crippen LogP contribution >= 0.6 is 0 Å². The molecule has 0 fully saturated rings. The summed E-state index contributed by atoms with van der Waals surface area (Å²) in [7, 11) is 0. The number of nitrogen functional groups attached to an aromatic ring is 1. The zero-order valence-electron chi connectivity index (χ0n) is 10.7. The second-order valence-electron chi connectivity index (χ2n) is 4.04. The SMILES string of the molecule is NNc1c(C(=O)Nc2ccccc2F)cccc1[N+](=O)[O-]. The monoisotopic (exact) mass is 290 g/mol. The lowest BCUT2D eigenvalue weighted by atomic mass is 10.1. The first-order valence-electron chi connectivity index (χ1n) is 5.84. The molecule has 0 saturated carbocycles. The van der Waals surface area contributed by atoms with E-state index in [0.29, 0.717) is 0 Å². The summed E-state index contributed by atoms with van der Waals surface area (Å²) in [5.74, 6) is 3.92. The van der Waals surface area contributed by atoms with Crippen LogP contribution in [0.3, 0.4) is 0 Å². The van der Waals surface area contributed by atoms with E-state index >= 15 is 0 Å². The molecule has 0 atom stereocenters. The number of halogens is 1. The van der Waals surface area contributed by atoms with Crippen LogP contribution in [0.2, 0.25) is 0 Å². The minimum Gasteiger partial charge on any atom is -0.319 e. The minimum atomic E-state index is -0.711. The lowest BCUT2D eigenvalue weighted by Gasteiger charge is -2.10. The molecule has 2 aromatic rings. The molecule has 0 heterocycles. The number of amides is 1. The summed E-state index contributed by atoms with van der Waals surface area (Å²) >= 11 is 0. The number of carbonyl (C=O) groups excluding carboxylic acids is 1. The third kappa shape index (κ3) is 2.95. The smallest absolute Gasteiger partial charge is 0.294 e. The Morgan fingerprint density at radius 2 is 1.90 bits per heavy atom. The van der Waals surface area contributed by atoms with E-state index in [0.717, 1.165) is 0 Å². The number of nitrogens with zero attached hydrogens (tertiary/aromatic N) is 1. The Balaban J connectivity index is 2.38. The largest absolute Gasteiger partial charge is 0.319 e. The van der Waals surface area contributed by atoms with Gasteiger partial charge in [0.05, 0.1) is 16.2 Å². The fraction of sp³-hybridized carbons (Fsp3) is 0. The van der Waals surface area contributed by atoms with E-state index < -0.39 is 16.6 Å². The molecule has 0 saturated heterocycles. The summed E-state index contributed by atoms with van der Waals surface area (Å²) < 4.78 is 13.5. The molecule has 0 bridgehead atoms. The summed E-state index contributed by atoms with van der Waals surface area (Å²) in [5.41, 5.74) is 1.55. The molecule has 4 N–H and O–H groups in total. The molecule has 1 amide bonds. The quantitative estimate of drug-likeness (QED) is 0.454. The molecular formula is C13H11FN4O3. The van der Waals surface area contributed by atoms with Gasteiger partial charge in [0.2, 0.25) is 0 Å². The number of hydrogen-bond donors (Lipinski definition) is 3. The van der Waals surface area contributed by atoms with Gasteiger partial charge in [-0.3, -0.25) is 20.8 Å². The van der Waals surface area contributed by atoms with E-state index in [1.54, 1.807) is 6.07 Å². The van der Waals surface area contributed by atoms with Crippen molar-refractivity contribution in [2.45, 2.75) is 0 Å². The number of nitrogens with one attached hydrogen (secondary N) is 2. The van der Waals surface area contributed by atoms with Crippen LogP contribution in [0.1, 0.15) is 10.4 Å². The second kappa shape index (κ2) is 5.97. The number of anilines is 2. The lowest BCUT2D eigenvalue weighted by molar-refractivity contribution is -0.384. The van der Waals surface area contributed by atoms with Crippen LogP contribution in [0.25, 0.3) is 0 Å². The molecule has 108 valence electrons. The highest BCUT2D eigenvalue weighted by atomic mass is 19.1. The number of hydrazine groups is 1. The molecule has 2 rings (SSSR count). The fourth-order valence-corrected chi connectivity index (χ4v) is 1.79. The zero-order chi connectivity index (χ0) is 15.4. The average Bonchev–Trinajstić information content (AvgIpc) is 2.48. The van der Waals surface area contributed by atoms with Gasteiger partial charge in [0.25, 0.3) is 11.6 Å². The molecule has 0 aliphatic carbocycles. The number of rotatable bonds is 4. The van der Waals surface area contributed by atoms with Gasteiger partial charge in [-0.05, 0) is 18.2 Å². The summed E-state index contributed by atoms with van der Waals surface area (Å²) in [6.45, 7) is 0. The van der Waals surface area contributed by atoms with Crippen LogP contribution in [0.4, 0.5) is 21.5 Å². The van der Waals surface area contributed by atoms with Gasteiger partial charge < -0.3 is 10.7 Å². The normalized spacial score (nSPS) is 10.0. The Labute approximate surface area is 118 Å². The van der Waals surface area contributed by atoms with Gasteiger partial charge in [-0.1, -0.05) is 18.2 Å². The number of nitrogens with two attached hydrogens (primary N) is 1. The van der Waals surface area contributed by atoms with Crippen molar-refractivity contribution in [2.24, 2.45) is 5.84 Å². The van der Waals surface area contributed by atoms with Crippen LogP contribution in [0.5, 0.6) is 0 Å². The lowest BCUT2D eigenvalue weighted by Crippen LogP contribution is -2.18. The van der Waals surface area contributed by atoms with E-state index in [9.17, 15) is 19.3 Å². The van der Waals surface area contributed by atoms with E-state index in [1.807, 2.05) is 0 Å². The zero-order valence-corrected chi connectivity index (χ0v) is 10.7. The summed E-state index contributed by atoms with van der Waals surface area (Å²) in [6.07, 6.45) is 0. The van der Waals surface area contributed by atoms with Gasteiger partial charge in [-0.25, -0.2) is 4.39 Å². The first-order chi connectivity index (χ1) is 10.0. The first kappa shape index (κ1) is 14.4. The Morgan fingerprint density at radius 3 is 2.52 bits per heavy atom. The van der Waals surface area contributed by atoms with Gasteiger partial charge >= 0.3 is 0 Å². The van der Waals surface area contributed by atoms with Crippen molar-refractivity contribution in [1.82, 2.24) is 0 Å². The van der Waals surface area contributed by atoms with E-state index in [-0.39, 0.29) is 22.6 Å². The molecule has 0 unspecified atom stereocenters. The first-order valence-corrected chi connectivity index (χ1v) is 5.84. The van der Waals surface area contributed by atoms with E-state index in [4.69, 9.17) is 5.84 Å². The van der Waals surface area contributed by atoms with Crippen molar-refractivity contribution in [3.05, 3.63) is 64.0 Å². The molecular weight excluding hydrogens is 279 g/mol. The van der Waals surface area contributed by atoms with Crippen molar-refractivity contribution < 1.29 is 14.1 Å². The number of para-hydroxylation sites is 2. The van der Waals surface area contributed by atoms with Gasteiger partial charge in [-0.15, -0.1) is 0 Å². The van der Waals surface area contributed by atoms with Crippen LogP contribution in [0.15, 0.2) is 42.5 Å².